The van der Waals surface area contributed by atoms with E-state index in [1.165, 1.54) is 0 Å². The molecule has 18 heavy (non-hydrogen) atoms. The molecule has 1 heterocycles. The molecule has 8 heteroatoms. The summed E-state index contributed by atoms with van der Waals surface area (Å²) in [5.41, 5.74) is 0.502. The topological polar surface area (TPSA) is 75.4 Å². The molecular weight excluding hydrogens is 322 g/mol. The van der Waals surface area contributed by atoms with Gasteiger partial charge in [0.25, 0.3) is 0 Å². The molecular formula is C10H18BrN3O3S. The van der Waals surface area contributed by atoms with Gasteiger partial charge < -0.3 is 10.0 Å². The molecule has 0 spiro atoms. The highest BCUT2D eigenvalue weighted by atomic mass is 79.9. The van der Waals surface area contributed by atoms with Gasteiger partial charge in [0.05, 0.1) is 28.7 Å². The van der Waals surface area contributed by atoms with Crippen molar-refractivity contribution in [2.45, 2.75) is 12.6 Å². The lowest BCUT2D eigenvalue weighted by Crippen LogP contribution is -2.23. The monoisotopic (exact) mass is 339 g/mol. The molecule has 0 aliphatic rings. The first-order chi connectivity index (χ1) is 8.20. The van der Waals surface area contributed by atoms with Gasteiger partial charge in [0.2, 0.25) is 0 Å². The maximum absolute atomic E-state index is 11.2. The molecule has 1 atom stereocenters. The Morgan fingerprint density at radius 3 is 2.67 bits per heavy atom. The Hall–Kier alpha value is -0.440. The number of hydrogen-bond donors (Lipinski definition) is 1. The van der Waals surface area contributed by atoms with Crippen LogP contribution in [0.3, 0.4) is 0 Å². The Morgan fingerprint density at radius 1 is 1.56 bits per heavy atom. The molecule has 0 aromatic carbocycles. The van der Waals surface area contributed by atoms with E-state index in [1.54, 1.807) is 10.9 Å². The van der Waals surface area contributed by atoms with Crippen LogP contribution in [0.1, 0.15) is 11.8 Å². The van der Waals surface area contributed by atoms with Crippen LogP contribution in [0.2, 0.25) is 0 Å². The van der Waals surface area contributed by atoms with Crippen LogP contribution in [0.25, 0.3) is 0 Å². The molecule has 6 nitrogen and oxygen atoms in total. The smallest absolute Gasteiger partial charge is 0.150 e. The third-order valence-corrected chi connectivity index (χ3v) is 3.90. The van der Waals surface area contributed by atoms with E-state index in [2.05, 4.69) is 21.0 Å². The highest BCUT2D eigenvalue weighted by Crippen LogP contribution is 2.24. The molecule has 0 radical (unpaired) electrons. The third-order valence-electron chi connectivity index (χ3n) is 2.37. The van der Waals surface area contributed by atoms with Crippen molar-refractivity contribution in [1.82, 2.24) is 14.7 Å². The number of aliphatic hydroxyl groups excluding tert-OH is 1. The van der Waals surface area contributed by atoms with Crippen LogP contribution >= 0.6 is 15.9 Å². The molecule has 104 valence electrons. The van der Waals surface area contributed by atoms with Gasteiger partial charge in [-0.25, -0.2) is 8.42 Å². The van der Waals surface area contributed by atoms with Crippen molar-refractivity contribution in [1.29, 1.82) is 0 Å². The normalized spacial score (nSPS) is 14.1. The van der Waals surface area contributed by atoms with Crippen molar-refractivity contribution in [2.24, 2.45) is 0 Å². The fraction of sp³-hybridized carbons (Fsp3) is 0.700. The Morgan fingerprint density at radius 2 is 2.17 bits per heavy atom. The molecule has 0 fully saturated rings. The molecule has 1 aromatic rings. The summed E-state index contributed by atoms with van der Waals surface area (Å²) >= 11 is 3.28. The van der Waals surface area contributed by atoms with E-state index >= 15 is 0 Å². The molecule has 0 aliphatic heterocycles. The fourth-order valence-electron chi connectivity index (χ4n) is 1.54. The number of halogens is 1. The maximum atomic E-state index is 11.2. The molecule has 1 N–H and O–H groups in total. The Labute approximate surface area is 116 Å². The lowest BCUT2D eigenvalue weighted by Gasteiger charge is -2.15. The number of hydrogen-bond acceptors (Lipinski definition) is 5. The van der Waals surface area contributed by atoms with Crippen LogP contribution < -0.4 is 0 Å². The first-order valence-corrected chi connectivity index (χ1v) is 8.28. The number of nitrogens with zero attached hydrogens (tertiary/aromatic N) is 3. The van der Waals surface area contributed by atoms with Gasteiger partial charge in [-0.15, -0.1) is 0 Å². The second-order valence-electron chi connectivity index (χ2n) is 4.51. The number of sulfone groups is 1. The van der Waals surface area contributed by atoms with E-state index in [4.69, 9.17) is 0 Å². The summed E-state index contributed by atoms with van der Waals surface area (Å²) < 4.78 is 24.7. The van der Waals surface area contributed by atoms with E-state index in [-0.39, 0.29) is 5.75 Å². The maximum Gasteiger partial charge on any atom is 0.150 e. The molecule has 1 rings (SSSR count). The highest BCUT2D eigenvalue weighted by molar-refractivity contribution is 9.10. The summed E-state index contributed by atoms with van der Waals surface area (Å²) in [5.74, 6) is -0.306. The molecule has 0 amide bonds. The Balaban J connectivity index is 2.89. The van der Waals surface area contributed by atoms with Crippen LogP contribution in [0.15, 0.2) is 10.7 Å². The van der Waals surface area contributed by atoms with E-state index < -0.39 is 15.9 Å². The average molecular weight is 340 g/mol. The van der Waals surface area contributed by atoms with Crippen LogP contribution in [0, 0.1) is 0 Å². The van der Waals surface area contributed by atoms with Crippen LogP contribution in [-0.2, 0) is 16.4 Å². The van der Waals surface area contributed by atoms with Crippen LogP contribution in [0.5, 0.6) is 0 Å². The number of aromatic nitrogens is 2. The molecule has 0 aliphatic carbocycles. The largest absolute Gasteiger partial charge is 0.386 e. The van der Waals surface area contributed by atoms with Gasteiger partial charge >= 0.3 is 0 Å². The van der Waals surface area contributed by atoms with Crippen molar-refractivity contribution >= 4 is 25.8 Å². The summed E-state index contributed by atoms with van der Waals surface area (Å²) in [7, 11) is 0.635. The zero-order chi connectivity index (χ0) is 13.9. The van der Waals surface area contributed by atoms with Gasteiger partial charge in [0.1, 0.15) is 15.9 Å². The van der Waals surface area contributed by atoms with Crippen molar-refractivity contribution < 1.29 is 13.5 Å². The van der Waals surface area contributed by atoms with Crippen molar-refractivity contribution in [3.8, 4) is 0 Å². The van der Waals surface area contributed by atoms with Gasteiger partial charge in [-0.3, -0.25) is 4.68 Å². The lowest BCUT2D eigenvalue weighted by molar-refractivity contribution is 0.187. The second-order valence-corrected chi connectivity index (χ2v) is 7.55. The van der Waals surface area contributed by atoms with Crippen LogP contribution in [0.4, 0.5) is 0 Å². The number of aliphatic hydroxyl groups is 1. The minimum Gasteiger partial charge on any atom is -0.386 e. The number of likely N-dealkylation sites (N-methyl/N-ethyl adjacent to an activating group) is 1. The average Bonchev–Trinajstić information content (AvgIpc) is 2.53. The summed E-state index contributed by atoms with van der Waals surface area (Å²) in [6.07, 6.45) is 1.60. The standard InChI is InChI=1S/C10H18BrN3O3S/c1-13(2)4-5-14-10(8(11)6-12-14)9(15)7-18(3,16)17/h6,9,15H,4-5,7H2,1-3H3. The van der Waals surface area contributed by atoms with E-state index in [0.29, 0.717) is 16.7 Å². The summed E-state index contributed by atoms with van der Waals surface area (Å²) in [6.45, 7) is 1.35. The number of rotatable bonds is 6. The zero-order valence-corrected chi connectivity index (χ0v) is 13.1. The quantitative estimate of drug-likeness (QED) is 0.805. The third kappa shape index (κ3) is 4.68. The Kier molecular flexibility index (Phi) is 5.32. The van der Waals surface area contributed by atoms with E-state index in [0.717, 1.165) is 12.8 Å². The minimum absolute atomic E-state index is 0.306. The van der Waals surface area contributed by atoms with Crippen molar-refractivity contribution in [3.05, 3.63) is 16.4 Å². The highest BCUT2D eigenvalue weighted by Gasteiger charge is 2.21. The summed E-state index contributed by atoms with van der Waals surface area (Å²) in [4.78, 5) is 1.99. The van der Waals surface area contributed by atoms with Crippen molar-refractivity contribution in [3.63, 3.8) is 0 Å². The van der Waals surface area contributed by atoms with Gasteiger partial charge in [-0.05, 0) is 30.0 Å². The lowest BCUT2D eigenvalue weighted by atomic mass is 10.3. The summed E-state index contributed by atoms with van der Waals surface area (Å²) in [6, 6.07) is 0. The minimum atomic E-state index is -3.24. The van der Waals surface area contributed by atoms with Crippen LogP contribution in [-0.4, -0.2) is 60.9 Å². The molecule has 0 bridgehead atoms. The van der Waals surface area contributed by atoms with Crippen molar-refractivity contribution in [2.75, 3.05) is 32.6 Å². The molecule has 1 unspecified atom stereocenters. The predicted molar refractivity (Wildman–Crippen MR) is 73.2 cm³/mol. The second kappa shape index (κ2) is 6.14. The van der Waals surface area contributed by atoms with E-state index in [1.807, 2.05) is 19.0 Å². The molecule has 1 aromatic heterocycles. The molecule has 0 saturated heterocycles. The summed E-state index contributed by atoms with van der Waals surface area (Å²) in [5, 5.41) is 14.1. The van der Waals surface area contributed by atoms with Gasteiger partial charge in [-0.2, -0.15) is 5.10 Å². The SMILES string of the molecule is CN(C)CCn1ncc(Br)c1C(O)CS(C)(=O)=O. The van der Waals surface area contributed by atoms with Gasteiger partial charge in [0.15, 0.2) is 0 Å². The Bertz CT molecular complexity index is 498. The first-order valence-electron chi connectivity index (χ1n) is 5.42. The fourth-order valence-corrected chi connectivity index (χ4v) is 2.83. The zero-order valence-electron chi connectivity index (χ0n) is 10.7. The first kappa shape index (κ1) is 15.6. The molecule has 0 saturated carbocycles. The predicted octanol–water partition coefficient (Wildman–Crippen LogP) is 0.285. The van der Waals surface area contributed by atoms with Gasteiger partial charge in [0, 0.05) is 12.8 Å². The van der Waals surface area contributed by atoms with E-state index in [9.17, 15) is 13.5 Å². The van der Waals surface area contributed by atoms with Gasteiger partial charge in [-0.1, -0.05) is 0 Å².